The maximum Gasteiger partial charge on any atom is 0.263 e. The second kappa shape index (κ2) is 8.12. The third-order valence-electron chi connectivity index (χ3n) is 4.88. The van der Waals surface area contributed by atoms with E-state index in [4.69, 9.17) is 4.74 Å². The van der Waals surface area contributed by atoms with Crippen LogP contribution in [0.15, 0.2) is 18.2 Å². The molecule has 0 saturated carbocycles. The molecule has 1 N–H and O–H groups in total. The molecule has 1 aromatic carbocycles. The van der Waals surface area contributed by atoms with Crippen LogP contribution in [0.5, 0.6) is 5.75 Å². The molecule has 24 heavy (non-hydrogen) atoms. The molecule has 1 amide bonds. The molecular formula is C17H23ClF2N2O2. The summed E-state index contributed by atoms with van der Waals surface area (Å²) in [7, 11) is 0. The highest BCUT2D eigenvalue weighted by Gasteiger charge is 2.32. The van der Waals surface area contributed by atoms with Crippen molar-refractivity contribution in [2.45, 2.75) is 25.9 Å². The minimum Gasteiger partial charge on any atom is -0.481 e. The Labute approximate surface area is 147 Å². The van der Waals surface area contributed by atoms with E-state index in [9.17, 15) is 13.6 Å². The molecule has 1 aromatic rings. The molecule has 2 aliphatic rings. The quantitative estimate of drug-likeness (QED) is 0.901. The number of nitrogens with one attached hydrogen (secondary N) is 1. The van der Waals surface area contributed by atoms with Crippen molar-refractivity contribution in [1.29, 1.82) is 0 Å². The van der Waals surface area contributed by atoms with Crippen molar-refractivity contribution < 1.29 is 18.3 Å². The number of likely N-dealkylation sites (tertiary alicyclic amines) is 1. The smallest absolute Gasteiger partial charge is 0.263 e. The van der Waals surface area contributed by atoms with Crippen LogP contribution in [0.25, 0.3) is 0 Å². The average molecular weight is 361 g/mol. The lowest BCUT2D eigenvalue weighted by Crippen LogP contribution is -2.41. The number of halogens is 3. The second-order valence-corrected chi connectivity index (χ2v) is 6.42. The average Bonchev–Trinajstić information content (AvgIpc) is 2.89. The summed E-state index contributed by atoms with van der Waals surface area (Å²) in [5.41, 5.74) is 0. The Morgan fingerprint density at radius 2 is 1.83 bits per heavy atom. The van der Waals surface area contributed by atoms with E-state index in [0.29, 0.717) is 11.8 Å². The summed E-state index contributed by atoms with van der Waals surface area (Å²) in [6.07, 6.45) is 1.29. The summed E-state index contributed by atoms with van der Waals surface area (Å²) < 4.78 is 31.6. The van der Waals surface area contributed by atoms with Crippen LogP contribution in [0.4, 0.5) is 8.78 Å². The first-order valence-electron chi connectivity index (χ1n) is 8.16. The highest BCUT2D eigenvalue weighted by molar-refractivity contribution is 5.85. The van der Waals surface area contributed by atoms with E-state index >= 15 is 0 Å². The Morgan fingerprint density at radius 3 is 2.42 bits per heavy atom. The van der Waals surface area contributed by atoms with Gasteiger partial charge < -0.3 is 15.0 Å². The molecule has 134 valence electrons. The van der Waals surface area contributed by atoms with Crippen LogP contribution in [0.2, 0.25) is 0 Å². The summed E-state index contributed by atoms with van der Waals surface area (Å²) >= 11 is 0. The fourth-order valence-corrected chi connectivity index (χ4v) is 3.50. The number of ether oxygens (including phenoxy) is 1. The third kappa shape index (κ3) is 4.16. The summed E-state index contributed by atoms with van der Waals surface area (Å²) in [5.74, 6) is -0.532. The maximum absolute atomic E-state index is 13.2. The Morgan fingerprint density at radius 1 is 1.21 bits per heavy atom. The Hall–Kier alpha value is -1.40. The molecule has 4 nitrogen and oxygen atoms in total. The number of hydrogen-bond donors (Lipinski definition) is 1. The molecule has 2 saturated heterocycles. The van der Waals surface area contributed by atoms with Crippen LogP contribution in [-0.4, -0.2) is 43.1 Å². The molecule has 0 aromatic heterocycles. The summed E-state index contributed by atoms with van der Waals surface area (Å²) in [6.45, 7) is 5.18. The Bertz CT molecular complexity index is 574. The van der Waals surface area contributed by atoms with Crippen molar-refractivity contribution in [2.24, 2.45) is 11.8 Å². The molecule has 0 radical (unpaired) electrons. The van der Waals surface area contributed by atoms with Crippen molar-refractivity contribution in [3.05, 3.63) is 29.8 Å². The third-order valence-corrected chi connectivity index (χ3v) is 4.88. The van der Waals surface area contributed by atoms with E-state index in [1.807, 2.05) is 4.90 Å². The van der Waals surface area contributed by atoms with Gasteiger partial charge >= 0.3 is 0 Å². The van der Waals surface area contributed by atoms with Gasteiger partial charge in [-0.1, -0.05) is 0 Å². The lowest BCUT2D eigenvalue weighted by atomic mass is 9.92. The highest BCUT2D eigenvalue weighted by Crippen LogP contribution is 2.27. The first kappa shape index (κ1) is 18.9. The molecule has 0 aliphatic carbocycles. The van der Waals surface area contributed by atoms with Gasteiger partial charge in [-0.25, -0.2) is 8.78 Å². The highest BCUT2D eigenvalue weighted by atomic mass is 35.5. The van der Waals surface area contributed by atoms with Gasteiger partial charge in [0.25, 0.3) is 5.91 Å². The number of hydrogen-bond acceptors (Lipinski definition) is 3. The predicted molar refractivity (Wildman–Crippen MR) is 89.4 cm³/mol. The molecule has 0 bridgehead atoms. The number of fused-ring (bicyclic) bond motifs is 1. The van der Waals surface area contributed by atoms with E-state index < -0.39 is 17.7 Å². The van der Waals surface area contributed by atoms with Gasteiger partial charge in [0.1, 0.15) is 5.75 Å². The van der Waals surface area contributed by atoms with Gasteiger partial charge in [-0.2, -0.15) is 0 Å². The molecule has 2 fully saturated rings. The van der Waals surface area contributed by atoms with Crippen LogP contribution in [0, 0.1) is 23.5 Å². The van der Waals surface area contributed by atoms with Gasteiger partial charge in [-0.15, -0.1) is 12.4 Å². The SMILES string of the molecule is CC(Oc1ccc(F)c(F)c1)C(=O)N1CC[C@@H]2CNC[C@@H]2CC1.Cl. The monoisotopic (exact) mass is 360 g/mol. The van der Waals surface area contributed by atoms with Crippen molar-refractivity contribution in [2.75, 3.05) is 26.2 Å². The normalized spacial score (nSPS) is 24.5. The van der Waals surface area contributed by atoms with Gasteiger partial charge in [-0.3, -0.25) is 4.79 Å². The Balaban J connectivity index is 0.00000208. The van der Waals surface area contributed by atoms with E-state index in [1.54, 1.807) is 6.92 Å². The molecule has 2 aliphatic heterocycles. The standard InChI is InChI=1S/C17H22F2N2O2.ClH/c1-11(23-14-2-3-15(18)16(19)8-14)17(22)21-6-4-12-9-20-10-13(12)5-7-21;/h2-3,8,11-13,20H,4-7,9-10H2,1H3;1H/t11?,12-,13+;. The van der Waals surface area contributed by atoms with Crippen LogP contribution in [0.3, 0.4) is 0 Å². The minimum absolute atomic E-state index is 0. The number of carbonyl (C=O) groups is 1. The first-order valence-corrected chi connectivity index (χ1v) is 8.16. The van der Waals surface area contributed by atoms with Gasteiger partial charge in [0.15, 0.2) is 17.7 Å². The predicted octanol–water partition coefficient (Wildman–Crippen LogP) is 2.61. The lowest BCUT2D eigenvalue weighted by molar-refractivity contribution is -0.137. The van der Waals surface area contributed by atoms with E-state index in [-0.39, 0.29) is 24.1 Å². The van der Waals surface area contributed by atoms with Gasteiger partial charge in [0, 0.05) is 19.2 Å². The van der Waals surface area contributed by atoms with Crippen molar-refractivity contribution in [3.8, 4) is 5.75 Å². The van der Waals surface area contributed by atoms with Crippen molar-refractivity contribution in [3.63, 3.8) is 0 Å². The van der Waals surface area contributed by atoms with Gasteiger partial charge in [0.05, 0.1) is 0 Å². The fraction of sp³-hybridized carbons (Fsp3) is 0.588. The minimum atomic E-state index is -0.975. The topological polar surface area (TPSA) is 41.6 Å². The number of benzene rings is 1. The van der Waals surface area contributed by atoms with Crippen LogP contribution in [0.1, 0.15) is 19.8 Å². The molecule has 0 spiro atoms. The number of amides is 1. The zero-order valence-corrected chi connectivity index (χ0v) is 14.5. The largest absolute Gasteiger partial charge is 0.481 e. The van der Waals surface area contributed by atoms with Crippen LogP contribution in [-0.2, 0) is 4.79 Å². The first-order chi connectivity index (χ1) is 11.0. The van der Waals surface area contributed by atoms with Gasteiger partial charge in [0.2, 0.25) is 0 Å². The second-order valence-electron chi connectivity index (χ2n) is 6.42. The van der Waals surface area contributed by atoms with Crippen LogP contribution < -0.4 is 10.1 Å². The number of rotatable bonds is 3. The molecule has 7 heteroatoms. The van der Waals surface area contributed by atoms with E-state index in [2.05, 4.69) is 5.32 Å². The molecule has 1 unspecified atom stereocenters. The molecular weight excluding hydrogens is 338 g/mol. The van der Waals surface area contributed by atoms with Crippen molar-refractivity contribution >= 4 is 18.3 Å². The summed E-state index contributed by atoms with van der Waals surface area (Å²) in [5, 5.41) is 3.41. The molecule has 2 heterocycles. The zero-order chi connectivity index (χ0) is 16.4. The molecule has 3 rings (SSSR count). The fourth-order valence-electron chi connectivity index (χ4n) is 3.50. The zero-order valence-electron chi connectivity index (χ0n) is 13.6. The van der Waals surface area contributed by atoms with Crippen molar-refractivity contribution in [1.82, 2.24) is 10.2 Å². The van der Waals surface area contributed by atoms with E-state index in [0.717, 1.165) is 51.2 Å². The summed E-state index contributed by atoms with van der Waals surface area (Å²) in [4.78, 5) is 14.4. The van der Waals surface area contributed by atoms with Crippen LogP contribution >= 0.6 is 12.4 Å². The maximum atomic E-state index is 13.2. The molecule has 3 atom stereocenters. The summed E-state index contributed by atoms with van der Waals surface area (Å²) in [6, 6.07) is 3.31. The number of nitrogens with zero attached hydrogens (tertiary/aromatic N) is 1. The lowest BCUT2D eigenvalue weighted by Gasteiger charge is -2.25. The van der Waals surface area contributed by atoms with E-state index in [1.165, 1.54) is 6.07 Å². The Kier molecular flexibility index (Phi) is 6.40. The van der Waals surface area contributed by atoms with Gasteiger partial charge in [-0.05, 0) is 56.8 Å². The number of carbonyl (C=O) groups excluding carboxylic acids is 1.